The van der Waals surface area contributed by atoms with Gasteiger partial charge in [0.15, 0.2) is 12.4 Å². The first-order valence-corrected chi connectivity index (χ1v) is 12.1. The predicted octanol–water partition coefficient (Wildman–Crippen LogP) is 4.39. The predicted molar refractivity (Wildman–Crippen MR) is 138 cm³/mol. The van der Waals surface area contributed by atoms with Crippen molar-refractivity contribution in [2.75, 3.05) is 28.7 Å². The summed E-state index contributed by atoms with van der Waals surface area (Å²) in [5.41, 5.74) is 3.96. The number of benzene rings is 3. The topological polar surface area (TPSA) is 102 Å². The lowest BCUT2D eigenvalue weighted by Crippen LogP contribution is -2.23. The van der Waals surface area contributed by atoms with Gasteiger partial charge in [0.1, 0.15) is 0 Å². The van der Waals surface area contributed by atoms with Crippen molar-refractivity contribution >= 4 is 46.7 Å². The summed E-state index contributed by atoms with van der Waals surface area (Å²) < 4.78 is 5.00. The number of ketones is 1. The van der Waals surface area contributed by atoms with Crippen LogP contribution in [0.25, 0.3) is 0 Å². The number of hydrogen-bond donors (Lipinski definition) is 2. The minimum Gasteiger partial charge on any atom is -0.455 e. The number of thioether (sulfide) groups is 1. The Morgan fingerprint density at radius 1 is 0.771 bits per heavy atom. The van der Waals surface area contributed by atoms with Crippen molar-refractivity contribution in [3.63, 3.8) is 0 Å². The zero-order chi connectivity index (χ0) is 25.2. The Bertz CT molecular complexity index is 1230. The van der Waals surface area contributed by atoms with Crippen molar-refractivity contribution in [1.29, 1.82) is 0 Å². The molecule has 3 rings (SSSR count). The normalized spacial score (nSPS) is 10.3. The van der Waals surface area contributed by atoms with E-state index in [2.05, 4.69) is 10.6 Å². The number of hydrogen-bond acceptors (Lipinski definition) is 6. The van der Waals surface area contributed by atoms with E-state index in [1.807, 2.05) is 38.1 Å². The van der Waals surface area contributed by atoms with Crippen LogP contribution in [-0.2, 0) is 19.1 Å². The molecule has 2 amide bonds. The number of amides is 2. The molecule has 3 aromatic carbocycles. The fourth-order valence-electron chi connectivity index (χ4n) is 3.28. The molecule has 8 heteroatoms. The average molecular weight is 491 g/mol. The molecule has 180 valence electrons. The maximum atomic E-state index is 12.8. The number of carbonyl (C=O) groups is 4. The van der Waals surface area contributed by atoms with Crippen molar-refractivity contribution in [3.05, 3.63) is 95.1 Å². The van der Waals surface area contributed by atoms with Gasteiger partial charge in [-0.1, -0.05) is 60.2 Å². The van der Waals surface area contributed by atoms with Gasteiger partial charge in [-0.3, -0.25) is 19.2 Å². The Balaban J connectivity index is 1.43. The second kappa shape index (κ2) is 12.5. The Kier molecular flexibility index (Phi) is 9.20. The highest BCUT2D eigenvalue weighted by Gasteiger charge is 2.16. The first kappa shape index (κ1) is 25.7. The van der Waals surface area contributed by atoms with Gasteiger partial charge in [-0.15, -0.1) is 11.8 Å². The SMILES string of the molecule is Cc1ccc(NC(=O)CSCC(=O)OCC(=O)Nc2ccccc2C(=O)c2ccccc2)c(C)c1. The maximum Gasteiger partial charge on any atom is 0.316 e. The number of nitrogens with one attached hydrogen (secondary N) is 2. The lowest BCUT2D eigenvalue weighted by Gasteiger charge is -2.11. The third-order valence-corrected chi connectivity index (χ3v) is 5.86. The molecule has 0 fully saturated rings. The highest BCUT2D eigenvalue weighted by atomic mass is 32.2. The van der Waals surface area contributed by atoms with E-state index in [1.54, 1.807) is 48.5 Å². The monoisotopic (exact) mass is 490 g/mol. The number of carbonyl (C=O) groups excluding carboxylic acids is 4. The Morgan fingerprint density at radius 2 is 1.46 bits per heavy atom. The smallest absolute Gasteiger partial charge is 0.316 e. The van der Waals surface area contributed by atoms with Gasteiger partial charge in [0, 0.05) is 16.8 Å². The molecule has 2 N–H and O–H groups in total. The zero-order valence-corrected chi connectivity index (χ0v) is 20.3. The summed E-state index contributed by atoms with van der Waals surface area (Å²) in [5, 5.41) is 5.43. The molecule has 0 heterocycles. The van der Waals surface area contributed by atoms with E-state index in [4.69, 9.17) is 4.74 Å². The van der Waals surface area contributed by atoms with Crippen LogP contribution in [0.1, 0.15) is 27.0 Å². The summed E-state index contributed by atoms with van der Waals surface area (Å²) >= 11 is 1.09. The summed E-state index contributed by atoms with van der Waals surface area (Å²) in [7, 11) is 0. The minimum atomic E-state index is -0.613. The minimum absolute atomic E-state index is 0.0728. The Labute approximate surface area is 208 Å². The second-order valence-corrected chi connectivity index (χ2v) is 8.79. The molecule has 0 bridgehead atoms. The van der Waals surface area contributed by atoms with Crippen LogP contribution < -0.4 is 10.6 Å². The van der Waals surface area contributed by atoms with Crippen LogP contribution in [0.15, 0.2) is 72.8 Å². The summed E-state index contributed by atoms with van der Waals surface area (Å²) in [6.07, 6.45) is 0. The number of para-hydroxylation sites is 1. The number of ether oxygens (including phenoxy) is 1. The van der Waals surface area contributed by atoms with Crippen molar-refractivity contribution in [1.82, 2.24) is 0 Å². The standard InChI is InChI=1S/C27H26N2O5S/c1-18-12-13-22(19(2)14-18)28-25(31)16-35-17-26(32)34-15-24(30)29-23-11-7-6-10-21(23)27(33)20-8-4-3-5-9-20/h3-14H,15-17H2,1-2H3,(H,28,31)(H,29,30). The van der Waals surface area contributed by atoms with Gasteiger partial charge in [0.2, 0.25) is 5.91 Å². The quantitative estimate of drug-likeness (QED) is 0.323. The maximum absolute atomic E-state index is 12.8. The molecule has 0 aromatic heterocycles. The molecule has 0 radical (unpaired) electrons. The lowest BCUT2D eigenvalue weighted by molar-refractivity contribution is -0.144. The molecular weight excluding hydrogens is 464 g/mol. The highest BCUT2D eigenvalue weighted by Crippen LogP contribution is 2.19. The third-order valence-electron chi connectivity index (χ3n) is 4.96. The van der Waals surface area contributed by atoms with E-state index in [0.29, 0.717) is 16.8 Å². The summed E-state index contributed by atoms with van der Waals surface area (Å²) in [4.78, 5) is 49.2. The van der Waals surface area contributed by atoms with Crippen LogP contribution in [0.4, 0.5) is 11.4 Å². The number of aryl methyl sites for hydroxylation is 2. The van der Waals surface area contributed by atoms with E-state index in [9.17, 15) is 19.2 Å². The summed E-state index contributed by atoms with van der Waals surface area (Å²) in [6, 6.07) is 21.1. The third kappa shape index (κ3) is 7.82. The van der Waals surface area contributed by atoms with Crippen molar-refractivity contribution in [2.45, 2.75) is 13.8 Å². The van der Waals surface area contributed by atoms with Crippen molar-refractivity contribution in [2.24, 2.45) is 0 Å². The van der Waals surface area contributed by atoms with Crippen molar-refractivity contribution < 1.29 is 23.9 Å². The largest absolute Gasteiger partial charge is 0.455 e. The Morgan fingerprint density at radius 3 is 2.20 bits per heavy atom. The highest BCUT2D eigenvalue weighted by molar-refractivity contribution is 8.00. The number of rotatable bonds is 10. The fraction of sp³-hybridized carbons (Fsp3) is 0.185. The molecule has 7 nitrogen and oxygen atoms in total. The number of anilines is 2. The first-order valence-electron chi connectivity index (χ1n) is 10.9. The van der Waals surface area contributed by atoms with Crippen LogP contribution in [0.3, 0.4) is 0 Å². The van der Waals surface area contributed by atoms with Crippen LogP contribution in [0.5, 0.6) is 0 Å². The first-order chi connectivity index (χ1) is 16.8. The summed E-state index contributed by atoms with van der Waals surface area (Å²) in [6.45, 7) is 3.39. The molecule has 0 saturated carbocycles. The van der Waals surface area contributed by atoms with Crippen LogP contribution in [0.2, 0.25) is 0 Å². The van der Waals surface area contributed by atoms with E-state index in [0.717, 1.165) is 28.6 Å². The Hall–Kier alpha value is -3.91. The van der Waals surface area contributed by atoms with Gasteiger partial charge >= 0.3 is 5.97 Å². The van der Waals surface area contributed by atoms with Gasteiger partial charge in [-0.25, -0.2) is 0 Å². The molecule has 0 aliphatic heterocycles. The lowest BCUT2D eigenvalue weighted by atomic mass is 10.0. The van der Waals surface area contributed by atoms with Crippen LogP contribution in [-0.4, -0.2) is 41.7 Å². The molecule has 0 unspecified atom stereocenters. The average Bonchev–Trinajstić information content (AvgIpc) is 2.85. The van der Waals surface area contributed by atoms with Gasteiger partial charge in [-0.2, -0.15) is 0 Å². The van der Waals surface area contributed by atoms with Gasteiger partial charge in [-0.05, 0) is 37.6 Å². The molecule has 0 spiro atoms. The van der Waals surface area contributed by atoms with E-state index >= 15 is 0 Å². The van der Waals surface area contributed by atoms with Crippen LogP contribution >= 0.6 is 11.8 Å². The second-order valence-electron chi connectivity index (χ2n) is 7.81. The molecule has 0 saturated heterocycles. The summed E-state index contributed by atoms with van der Waals surface area (Å²) in [5.74, 6) is -1.64. The van der Waals surface area contributed by atoms with Gasteiger partial charge in [0.25, 0.3) is 5.91 Å². The van der Waals surface area contributed by atoms with Crippen molar-refractivity contribution in [3.8, 4) is 0 Å². The fourth-order valence-corrected chi connectivity index (χ4v) is 3.89. The van der Waals surface area contributed by atoms with E-state index in [1.165, 1.54) is 0 Å². The van der Waals surface area contributed by atoms with E-state index in [-0.39, 0.29) is 23.2 Å². The van der Waals surface area contributed by atoms with Crippen LogP contribution in [0, 0.1) is 13.8 Å². The molecule has 0 aliphatic carbocycles. The molecule has 0 atom stereocenters. The molecule has 3 aromatic rings. The molecular formula is C27H26N2O5S. The molecule has 35 heavy (non-hydrogen) atoms. The molecule has 0 aliphatic rings. The zero-order valence-electron chi connectivity index (χ0n) is 19.5. The van der Waals surface area contributed by atoms with E-state index < -0.39 is 18.5 Å². The van der Waals surface area contributed by atoms with Gasteiger partial charge in [0.05, 0.1) is 17.2 Å². The van der Waals surface area contributed by atoms with Gasteiger partial charge < -0.3 is 15.4 Å². The number of esters is 1.